The van der Waals surface area contributed by atoms with E-state index in [1.54, 1.807) is 25.1 Å². The number of nitrogens with zero attached hydrogens (tertiary/aromatic N) is 1. The summed E-state index contributed by atoms with van der Waals surface area (Å²) in [6.07, 6.45) is 0. The predicted molar refractivity (Wildman–Crippen MR) is 67.8 cm³/mol. The lowest BCUT2D eigenvalue weighted by Gasteiger charge is -2.26. The number of fused-ring (bicyclic) bond motifs is 1. The van der Waals surface area contributed by atoms with Crippen molar-refractivity contribution < 1.29 is 29.3 Å². The van der Waals surface area contributed by atoms with Gasteiger partial charge in [-0.05, 0) is 24.6 Å². The molecule has 0 fully saturated rings. The lowest BCUT2D eigenvalue weighted by Crippen LogP contribution is -2.36. The molecule has 1 unspecified atom stereocenters. The van der Waals surface area contributed by atoms with Gasteiger partial charge in [0.25, 0.3) is 0 Å². The molecule has 0 aliphatic carbocycles. The van der Waals surface area contributed by atoms with E-state index in [2.05, 4.69) is 0 Å². The summed E-state index contributed by atoms with van der Waals surface area (Å²) in [5, 5.41) is 17.7. The highest BCUT2D eigenvalue weighted by Crippen LogP contribution is 2.35. The molecular formula is C13H15NO6. The number of carboxylic acids is 2. The molecule has 1 aromatic carbocycles. The summed E-state index contributed by atoms with van der Waals surface area (Å²) in [7, 11) is 0. The van der Waals surface area contributed by atoms with E-state index in [0.29, 0.717) is 11.5 Å². The number of aliphatic carboxylic acids is 2. The van der Waals surface area contributed by atoms with Gasteiger partial charge in [0.05, 0.1) is 13.1 Å². The van der Waals surface area contributed by atoms with Gasteiger partial charge in [0, 0.05) is 6.04 Å². The molecule has 1 heterocycles. The minimum atomic E-state index is -1.07. The molecule has 0 spiro atoms. The van der Waals surface area contributed by atoms with Gasteiger partial charge in [-0.3, -0.25) is 14.5 Å². The second kappa shape index (κ2) is 5.79. The SMILES string of the molecule is CC(c1ccc2c(c1)OCO2)N(CC(=O)O)CC(=O)O. The highest BCUT2D eigenvalue weighted by atomic mass is 16.7. The Balaban J connectivity index is 2.19. The summed E-state index contributed by atoms with van der Waals surface area (Å²) < 4.78 is 10.5. The molecule has 7 heteroatoms. The Labute approximate surface area is 115 Å². The maximum atomic E-state index is 10.8. The third kappa shape index (κ3) is 3.18. The summed E-state index contributed by atoms with van der Waals surface area (Å²) in [6.45, 7) is 1.22. The Kier molecular flexibility index (Phi) is 4.09. The molecule has 1 atom stereocenters. The zero-order chi connectivity index (χ0) is 14.7. The van der Waals surface area contributed by atoms with Crippen molar-refractivity contribution >= 4 is 11.9 Å². The van der Waals surface area contributed by atoms with Gasteiger partial charge in [-0.1, -0.05) is 6.07 Å². The van der Waals surface area contributed by atoms with Crippen LogP contribution in [-0.4, -0.2) is 46.9 Å². The zero-order valence-electron chi connectivity index (χ0n) is 10.9. The van der Waals surface area contributed by atoms with Crippen molar-refractivity contribution in [1.29, 1.82) is 0 Å². The van der Waals surface area contributed by atoms with Crippen molar-refractivity contribution in [3.05, 3.63) is 23.8 Å². The smallest absolute Gasteiger partial charge is 0.317 e. The van der Waals surface area contributed by atoms with Gasteiger partial charge in [0.2, 0.25) is 6.79 Å². The average molecular weight is 281 g/mol. The van der Waals surface area contributed by atoms with E-state index in [9.17, 15) is 9.59 Å². The fourth-order valence-corrected chi connectivity index (χ4v) is 2.06. The Bertz CT molecular complexity index is 514. The second-order valence-electron chi connectivity index (χ2n) is 4.48. The largest absolute Gasteiger partial charge is 0.480 e. The molecule has 0 saturated heterocycles. The van der Waals surface area contributed by atoms with E-state index in [1.807, 2.05) is 0 Å². The van der Waals surface area contributed by atoms with Crippen LogP contribution in [0.25, 0.3) is 0 Å². The quantitative estimate of drug-likeness (QED) is 0.801. The molecule has 1 aliphatic heterocycles. The molecule has 108 valence electrons. The number of ether oxygens (including phenoxy) is 2. The molecule has 0 amide bonds. The minimum Gasteiger partial charge on any atom is -0.480 e. The van der Waals surface area contributed by atoms with Gasteiger partial charge in [-0.15, -0.1) is 0 Å². The summed E-state index contributed by atoms with van der Waals surface area (Å²) in [5.41, 5.74) is 0.775. The molecule has 0 saturated carbocycles. The Hall–Kier alpha value is -2.28. The van der Waals surface area contributed by atoms with Gasteiger partial charge in [0.15, 0.2) is 11.5 Å². The van der Waals surface area contributed by atoms with Crippen molar-refractivity contribution in [3.8, 4) is 11.5 Å². The van der Waals surface area contributed by atoms with Gasteiger partial charge >= 0.3 is 11.9 Å². The standard InChI is InChI=1S/C13H15NO6/c1-8(14(5-12(15)16)6-13(17)18)9-2-3-10-11(4-9)20-7-19-10/h2-4,8H,5-7H2,1H3,(H,15,16)(H,17,18). The lowest BCUT2D eigenvalue weighted by molar-refractivity contribution is -0.142. The zero-order valence-corrected chi connectivity index (χ0v) is 10.9. The Morgan fingerprint density at radius 1 is 1.20 bits per heavy atom. The van der Waals surface area contributed by atoms with Crippen LogP contribution in [0, 0.1) is 0 Å². The van der Waals surface area contributed by atoms with Crippen molar-refractivity contribution in [1.82, 2.24) is 4.90 Å². The monoisotopic (exact) mass is 281 g/mol. The fraction of sp³-hybridized carbons (Fsp3) is 0.385. The molecular weight excluding hydrogens is 266 g/mol. The van der Waals surface area contributed by atoms with Gasteiger partial charge in [-0.2, -0.15) is 0 Å². The first kappa shape index (κ1) is 14.1. The second-order valence-corrected chi connectivity index (χ2v) is 4.48. The number of rotatable bonds is 6. The summed E-state index contributed by atoms with van der Waals surface area (Å²) in [6, 6.07) is 4.88. The molecule has 1 aromatic rings. The summed E-state index contributed by atoms with van der Waals surface area (Å²) in [5.74, 6) is -0.929. The molecule has 0 radical (unpaired) electrons. The highest BCUT2D eigenvalue weighted by Gasteiger charge is 2.23. The van der Waals surface area contributed by atoms with Crippen LogP contribution in [0.4, 0.5) is 0 Å². The predicted octanol–water partition coefficient (Wildman–Crippen LogP) is 0.948. The number of benzene rings is 1. The molecule has 20 heavy (non-hydrogen) atoms. The van der Waals surface area contributed by atoms with Crippen molar-refractivity contribution in [3.63, 3.8) is 0 Å². The number of carbonyl (C=O) groups is 2. The Morgan fingerprint density at radius 3 is 2.40 bits per heavy atom. The van der Waals surface area contributed by atoms with Crippen LogP contribution in [0.3, 0.4) is 0 Å². The van der Waals surface area contributed by atoms with Crippen molar-refractivity contribution in [2.75, 3.05) is 19.9 Å². The average Bonchev–Trinajstić information content (AvgIpc) is 2.83. The minimum absolute atomic E-state index is 0.154. The van der Waals surface area contributed by atoms with Crippen LogP contribution in [0.1, 0.15) is 18.5 Å². The van der Waals surface area contributed by atoms with Crippen LogP contribution in [0.5, 0.6) is 11.5 Å². The first-order valence-electron chi connectivity index (χ1n) is 6.04. The van der Waals surface area contributed by atoms with Crippen molar-refractivity contribution in [2.45, 2.75) is 13.0 Å². The van der Waals surface area contributed by atoms with E-state index < -0.39 is 11.9 Å². The number of carboxylic acid groups (broad SMARTS) is 2. The van der Waals surface area contributed by atoms with Gasteiger partial charge in [0.1, 0.15) is 0 Å². The third-order valence-corrected chi connectivity index (χ3v) is 3.10. The molecule has 2 N–H and O–H groups in total. The highest BCUT2D eigenvalue weighted by molar-refractivity contribution is 5.72. The van der Waals surface area contributed by atoms with E-state index in [4.69, 9.17) is 19.7 Å². The lowest BCUT2D eigenvalue weighted by atomic mass is 10.1. The normalized spacial score (nSPS) is 14.3. The first-order chi connectivity index (χ1) is 9.47. The van der Waals surface area contributed by atoms with E-state index >= 15 is 0 Å². The van der Waals surface area contributed by atoms with Crippen LogP contribution < -0.4 is 9.47 Å². The van der Waals surface area contributed by atoms with Crippen molar-refractivity contribution in [2.24, 2.45) is 0 Å². The van der Waals surface area contributed by atoms with Crippen LogP contribution in [0.15, 0.2) is 18.2 Å². The molecule has 7 nitrogen and oxygen atoms in total. The van der Waals surface area contributed by atoms with Crippen LogP contribution in [-0.2, 0) is 9.59 Å². The van der Waals surface area contributed by atoms with Crippen LogP contribution in [0.2, 0.25) is 0 Å². The van der Waals surface area contributed by atoms with E-state index in [0.717, 1.165) is 5.56 Å². The maximum absolute atomic E-state index is 10.8. The summed E-state index contributed by atoms with van der Waals surface area (Å²) in [4.78, 5) is 23.0. The van der Waals surface area contributed by atoms with Crippen LogP contribution >= 0.6 is 0 Å². The van der Waals surface area contributed by atoms with E-state index in [-0.39, 0.29) is 25.9 Å². The molecule has 0 bridgehead atoms. The van der Waals surface area contributed by atoms with Gasteiger partial charge in [-0.25, -0.2) is 0 Å². The topological polar surface area (TPSA) is 96.3 Å². The summed E-state index contributed by atoms with van der Waals surface area (Å²) >= 11 is 0. The maximum Gasteiger partial charge on any atom is 0.317 e. The van der Waals surface area contributed by atoms with E-state index in [1.165, 1.54) is 4.90 Å². The fourth-order valence-electron chi connectivity index (χ4n) is 2.06. The number of hydrogen-bond donors (Lipinski definition) is 2. The Morgan fingerprint density at radius 2 is 1.80 bits per heavy atom. The third-order valence-electron chi connectivity index (χ3n) is 3.10. The molecule has 1 aliphatic rings. The molecule has 0 aromatic heterocycles. The first-order valence-corrected chi connectivity index (χ1v) is 6.04. The number of hydrogen-bond acceptors (Lipinski definition) is 5. The van der Waals surface area contributed by atoms with Gasteiger partial charge < -0.3 is 19.7 Å². The molecule has 2 rings (SSSR count).